The van der Waals surface area contributed by atoms with Gasteiger partial charge in [0.2, 0.25) is 0 Å². The van der Waals surface area contributed by atoms with Crippen LogP contribution in [0.1, 0.15) is 13.8 Å². The molecule has 0 aromatic heterocycles. The van der Waals surface area contributed by atoms with Gasteiger partial charge in [-0.05, 0) is 27.9 Å². The van der Waals surface area contributed by atoms with Gasteiger partial charge in [0.25, 0.3) is 0 Å². The van der Waals surface area contributed by atoms with E-state index in [2.05, 4.69) is 49.6 Å². The molecule has 1 unspecified atom stereocenters. The van der Waals surface area contributed by atoms with Gasteiger partial charge in [0.1, 0.15) is 0 Å². The first-order valence-electron chi connectivity index (χ1n) is 5.68. The molecule has 0 radical (unpaired) electrons. The second-order valence-electron chi connectivity index (χ2n) is 5.47. The molecule has 0 aliphatic carbocycles. The van der Waals surface area contributed by atoms with Gasteiger partial charge < -0.3 is 10.2 Å². The molecule has 0 saturated carbocycles. The number of likely N-dealkylation sites (N-methyl/N-ethyl adjacent to an activating group) is 1. The van der Waals surface area contributed by atoms with Gasteiger partial charge in [0.05, 0.1) is 0 Å². The van der Waals surface area contributed by atoms with Crippen LogP contribution in [0, 0.1) is 0 Å². The summed E-state index contributed by atoms with van der Waals surface area (Å²) in [7, 11) is 4.25. The lowest BCUT2D eigenvalue weighted by atomic mass is 9.98. The average Bonchev–Trinajstić information content (AvgIpc) is 1.99. The Balaban J connectivity index is 2.55. The molecule has 0 aromatic carbocycles. The van der Waals surface area contributed by atoms with Crippen LogP contribution in [0.5, 0.6) is 0 Å². The molecule has 88 valence electrons. The highest BCUT2D eigenvalue weighted by molar-refractivity contribution is 4.94. The molecule has 3 heteroatoms. The molecule has 0 aromatic rings. The highest BCUT2D eigenvalue weighted by Crippen LogP contribution is 2.14. The van der Waals surface area contributed by atoms with Crippen molar-refractivity contribution in [3.63, 3.8) is 0 Å². The van der Waals surface area contributed by atoms with E-state index in [9.17, 15) is 0 Å². The standard InChI is InChI=1S/C12H25N3/c1-6-7-15-9-11(8-14(4)5)13-12(2,3)10-15/h6,11,13H,1,7-10H2,2-5H3. The number of piperazine rings is 1. The number of nitrogens with zero attached hydrogens (tertiary/aromatic N) is 2. The normalized spacial score (nSPS) is 26.9. The predicted octanol–water partition coefficient (Wildman–Crippen LogP) is 0.786. The van der Waals surface area contributed by atoms with Crippen molar-refractivity contribution in [1.29, 1.82) is 0 Å². The minimum absolute atomic E-state index is 0.210. The number of hydrogen-bond donors (Lipinski definition) is 1. The summed E-state index contributed by atoms with van der Waals surface area (Å²) in [5.41, 5.74) is 0.210. The Morgan fingerprint density at radius 1 is 1.53 bits per heavy atom. The van der Waals surface area contributed by atoms with Gasteiger partial charge >= 0.3 is 0 Å². The van der Waals surface area contributed by atoms with E-state index in [1.807, 2.05) is 6.08 Å². The zero-order valence-corrected chi connectivity index (χ0v) is 10.6. The van der Waals surface area contributed by atoms with Crippen LogP contribution in [0.3, 0.4) is 0 Å². The highest BCUT2D eigenvalue weighted by atomic mass is 15.3. The number of nitrogens with one attached hydrogen (secondary N) is 1. The summed E-state index contributed by atoms with van der Waals surface area (Å²) in [6, 6.07) is 0.559. The van der Waals surface area contributed by atoms with Crippen molar-refractivity contribution in [2.24, 2.45) is 0 Å². The summed E-state index contributed by atoms with van der Waals surface area (Å²) in [5, 5.41) is 3.69. The lowest BCUT2D eigenvalue weighted by Crippen LogP contribution is -2.63. The second-order valence-corrected chi connectivity index (χ2v) is 5.47. The third-order valence-electron chi connectivity index (χ3n) is 2.67. The zero-order chi connectivity index (χ0) is 11.5. The molecule has 1 saturated heterocycles. The Bertz CT molecular complexity index is 211. The fourth-order valence-corrected chi connectivity index (χ4v) is 2.44. The van der Waals surface area contributed by atoms with Crippen LogP contribution >= 0.6 is 0 Å². The van der Waals surface area contributed by atoms with E-state index in [1.54, 1.807) is 0 Å². The van der Waals surface area contributed by atoms with Gasteiger partial charge in [0, 0.05) is 37.8 Å². The van der Waals surface area contributed by atoms with Crippen molar-refractivity contribution in [3.05, 3.63) is 12.7 Å². The fraction of sp³-hybridized carbons (Fsp3) is 0.833. The molecular formula is C12H25N3. The third-order valence-corrected chi connectivity index (χ3v) is 2.67. The highest BCUT2D eigenvalue weighted by Gasteiger charge is 2.31. The number of rotatable bonds is 4. The molecular weight excluding hydrogens is 186 g/mol. The first-order valence-corrected chi connectivity index (χ1v) is 5.68. The lowest BCUT2D eigenvalue weighted by molar-refractivity contribution is 0.114. The van der Waals surface area contributed by atoms with Crippen molar-refractivity contribution in [1.82, 2.24) is 15.1 Å². The third kappa shape index (κ3) is 4.33. The molecule has 0 bridgehead atoms. The first-order chi connectivity index (χ1) is 6.93. The largest absolute Gasteiger partial charge is 0.308 e. The minimum Gasteiger partial charge on any atom is -0.308 e. The molecule has 0 spiro atoms. The molecule has 1 aliphatic rings. The molecule has 0 amide bonds. The van der Waals surface area contributed by atoms with E-state index < -0.39 is 0 Å². The van der Waals surface area contributed by atoms with E-state index in [0.29, 0.717) is 6.04 Å². The van der Waals surface area contributed by atoms with E-state index >= 15 is 0 Å². The van der Waals surface area contributed by atoms with Crippen molar-refractivity contribution >= 4 is 0 Å². The van der Waals surface area contributed by atoms with Gasteiger partial charge in [-0.15, -0.1) is 6.58 Å². The summed E-state index contributed by atoms with van der Waals surface area (Å²) in [5.74, 6) is 0. The summed E-state index contributed by atoms with van der Waals surface area (Å²) >= 11 is 0. The summed E-state index contributed by atoms with van der Waals surface area (Å²) < 4.78 is 0. The fourth-order valence-electron chi connectivity index (χ4n) is 2.44. The zero-order valence-electron chi connectivity index (χ0n) is 10.6. The second kappa shape index (κ2) is 5.10. The van der Waals surface area contributed by atoms with Crippen LogP contribution in [-0.2, 0) is 0 Å². The van der Waals surface area contributed by atoms with Crippen LogP contribution in [0.15, 0.2) is 12.7 Å². The van der Waals surface area contributed by atoms with Crippen LogP contribution in [0.2, 0.25) is 0 Å². The van der Waals surface area contributed by atoms with Crippen molar-refractivity contribution in [2.45, 2.75) is 25.4 Å². The van der Waals surface area contributed by atoms with Crippen LogP contribution in [-0.4, -0.2) is 61.7 Å². The van der Waals surface area contributed by atoms with Crippen molar-refractivity contribution in [3.8, 4) is 0 Å². The van der Waals surface area contributed by atoms with Crippen LogP contribution in [0.4, 0.5) is 0 Å². The summed E-state index contributed by atoms with van der Waals surface area (Å²) in [4.78, 5) is 4.71. The van der Waals surface area contributed by atoms with Gasteiger partial charge in [-0.3, -0.25) is 4.90 Å². The Hall–Kier alpha value is -0.380. The molecule has 1 rings (SSSR count). The Morgan fingerprint density at radius 3 is 2.73 bits per heavy atom. The molecule has 15 heavy (non-hydrogen) atoms. The average molecular weight is 211 g/mol. The Kier molecular flexibility index (Phi) is 4.32. The van der Waals surface area contributed by atoms with Gasteiger partial charge in [-0.25, -0.2) is 0 Å². The Morgan fingerprint density at radius 2 is 2.20 bits per heavy atom. The van der Waals surface area contributed by atoms with Crippen molar-refractivity contribution < 1.29 is 0 Å². The molecule has 1 heterocycles. The maximum Gasteiger partial charge on any atom is 0.0327 e. The Labute approximate surface area is 94.1 Å². The molecule has 1 fully saturated rings. The molecule has 3 nitrogen and oxygen atoms in total. The SMILES string of the molecule is C=CCN1CC(CN(C)C)NC(C)(C)C1. The minimum atomic E-state index is 0.210. The summed E-state index contributed by atoms with van der Waals surface area (Å²) in [6.45, 7) is 12.7. The first kappa shape index (κ1) is 12.7. The van der Waals surface area contributed by atoms with E-state index in [0.717, 1.165) is 26.2 Å². The molecule has 1 N–H and O–H groups in total. The predicted molar refractivity (Wildman–Crippen MR) is 66.2 cm³/mol. The molecule has 1 atom stereocenters. The van der Waals surface area contributed by atoms with E-state index in [1.165, 1.54) is 0 Å². The van der Waals surface area contributed by atoms with Gasteiger partial charge in [-0.2, -0.15) is 0 Å². The van der Waals surface area contributed by atoms with Gasteiger partial charge in [-0.1, -0.05) is 6.08 Å². The van der Waals surface area contributed by atoms with Crippen LogP contribution < -0.4 is 5.32 Å². The summed E-state index contributed by atoms with van der Waals surface area (Å²) in [6.07, 6.45) is 1.99. The van der Waals surface area contributed by atoms with E-state index in [4.69, 9.17) is 0 Å². The van der Waals surface area contributed by atoms with Gasteiger partial charge in [0.15, 0.2) is 0 Å². The smallest absolute Gasteiger partial charge is 0.0327 e. The monoisotopic (exact) mass is 211 g/mol. The quantitative estimate of drug-likeness (QED) is 0.694. The topological polar surface area (TPSA) is 18.5 Å². The lowest BCUT2D eigenvalue weighted by Gasteiger charge is -2.44. The van der Waals surface area contributed by atoms with E-state index in [-0.39, 0.29) is 5.54 Å². The molecule has 1 aliphatic heterocycles. The maximum absolute atomic E-state index is 3.82. The number of hydrogen-bond acceptors (Lipinski definition) is 3. The van der Waals surface area contributed by atoms with Crippen LogP contribution in [0.25, 0.3) is 0 Å². The van der Waals surface area contributed by atoms with Crippen molar-refractivity contribution in [2.75, 3.05) is 40.3 Å². The maximum atomic E-state index is 3.82.